The predicted molar refractivity (Wildman–Crippen MR) is 60.0 cm³/mol. The summed E-state index contributed by atoms with van der Waals surface area (Å²) >= 11 is 0. The molecule has 1 aliphatic heterocycles. The number of benzene rings is 1. The highest BCUT2D eigenvalue weighted by molar-refractivity contribution is 5.84. The van der Waals surface area contributed by atoms with Crippen LogP contribution in [0.25, 0.3) is 0 Å². The molecule has 1 aromatic carbocycles. The zero-order valence-electron chi connectivity index (χ0n) is 9.35. The van der Waals surface area contributed by atoms with E-state index in [0.29, 0.717) is 17.7 Å². The van der Waals surface area contributed by atoms with E-state index in [0.717, 1.165) is 25.3 Å². The van der Waals surface area contributed by atoms with Crippen molar-refractivity contribution in [2.75, 3.05) is 13.7 Å². The average Bonchev–Trinajstić information content (AvgIpc) is 3.01. The minimum Gasteiger partial charge on any atom is -0.497 e. The summed E-state index contributed by atoms with van der Waals surface area (Å²) in [6.07, 6.45) is 1.12. The maximum Gasteiger partial charge on any atom is 0.226 e. The lowest BCUT2D eigenvalue weighted by molar-refractivity contribution is -0.130. The summed E-state index contributed by atoms with van der Waals surface area (Å²) in [5.41, 5.74) is 1.18. The van der Waals surface area contributed by atoms with Crippen molar-refractivity contribution in [2.45, 2.75) is 13.0 Å². The van der Waals surface area contributed by atoms with Gasteiger partial charge in [-0.25, -0.2) is 0 Å². The standard InChI is InChI=1S/C13H15NO2/c1-16-11-4-2-9(3-5-11)7-14-8-10-6-12(10)13(14)15/h2-5,10,12H,6-8H2,1H3. The first-order valence-corrected chi connectivity index (χ1v) is 5.69. The molecule has 3 heteroatoms. The van der Waals surface area contributed by atoms with Gasteiger partial charge in [0, 0.05) is 19.0 Å². The van der Waals surface area contributed by atoms with Crippen molar-refractivity contribution in [3.05, 3.63) is 29.8 Å². The van der Waals surface area contributed by atoms with Gasteiger partial charge in [0.05, 0.1) is 7.11 Å². The van der Waals surface area contributed by atoms with Gasteiger partial charge >= 0.3 is 0 Å². The minimum atomic E-state index is 0.348. The molecule has 1 saturated heterocycles. The molecule has 2 fully saturated rings. The molecular weight excluding hydrogens is 202 g/mol. The Morgan fingerprint density at radius 1 is 1.38 bits per heavy atom. The molecule has 1 amide bonds. The summed E-state index contributed by atoms with van der Waals surface area (Å²) in [5, 5.41) is 0. The zero-order chi connectivity index (χ0) is 11.1. The van der Waals surface area contributed by atoms with Gasteiger partial charge < -0.3 is 9.64 Å². The molecule has 3 rings (SSSR count). The monoisotopic (exact) mass is 217 g/mol. The van der Waals surface area contributed by atoms with Crippen molar-refractivity contribution in [3.63, 3.8) is 0 Å². The van der Waals surface area contributed by atoms with Crippen LogP contribution in [0.1, 0.15) is 12.0 Å². The number of methoxy groups -OCH3 is 1. The van der Waals surface area contributed by atoms with Crippen molar-refractivity contribution in [3.8, 4) is 5.75 Å². The van der Waals surface area contributed by atoms with Gasteiger partial charge in [0.25, 0.3) is 0 Å². The van der Waals surface area contributed by atoms with E-state index < -0.39 is 0 Å². The lowest BCUT2D eigenvalue weighted by Crippen LogP contribution is -2.27. The Hall–Kier alpha value is -1.51. The van der Waals surface area contributed by atoms with Crippen LogP contribution in [0.15, 0.2) is 24.3 Å². The fourth-order valence-electron chi connectivity index (χ4n) is 2.45. The first kappa shape index (κ1) is 9.70. The molecule has 0 N–H and O–H groups in total. The number of carbonyl (C=O) groups excluding carboxylic acids is 1. The first-order chi connectivity index (χ1) is 7.78. The van der Waals surface area contributed by atoms with E-state index >= 15 is 0 Å². The third kappa shape index (κ3) is 1.56. The lowest BCUT2D eigenvalue weighted by Gasteiger charge is -2.18. The molecule has 1 saturated carbocycles. The lowest BCUT2D eigenvalue weighted by atomic mass is 10.2. The third-order valence-corrected chi connectivity index (χ3v) is 3.54. The molecule has 16 heavy (non-hydrogen) atoms. The summed E-state index contributed by atoms with van der Waals surface area (Å²) in [6, 6.07) is 7.93. The van der Waals surface area contributed by atoms with Gasteiger partial charge in [-0.3, -0.25) is 4.79 Å². The quantitative estimate of drug-likeness (QED) is 0.770. The first-order valence-electron chi connectivity index (χ1n) is 5.69. The SMILES string of the molecule is COc1ccc(CN2CC3CC3C2=O)cc1. The summed E-state index contributed by atoms with van der Waals surface area (Å²) < 4.78 is 5.10. The van der Waals surface area contributed by atoms with E-state index in [1.54, 1.807) is 7.11 Å². The van der Waals surface area contributed by atoms with E-state index in [2.05, 4.69) is 0 Å². The molecule has 1 heterocycles. The van der Waals surface area contributed by atoms with Crippen LogP contribution >= 0.6 is 0 Å². The topological polar surface area (TPSA) is 29.5 Å². The normalized spacial score (nSPS) is 26.8. The van der Waals surface area contributed by atoms with Crippen LogP contribution in [0.5, 0.6) is 5.75 Å². The number of piperidine rings is 1. The zero-order valence-corrected chi connectivity index (χ0v) is 9.35. The maximum atomic E-state index is 11.8. The minimum absolute atomic E-state index is 0.348. The number of amides is 1. The molecule has 84 valence electrons. The number of hydrogen-bond acceptors (Lipinski definition) is 2. The van der Waals surface area contributed by atoms with E-state index in [-0.39, 0.29) is 0 Å². The molecule has 0 bridgehead atoms. The van der Waals surface area contributed by atoms with Crippen molar-refractivity contribution in [2.24, 2.45) is 11.8 Å². The van der Waals surface area contributed by atoms with E-state index in [1.807, 2.05) is 29.2 Å². The fraction of sp³-hybridized carbons (Fsp3) is 0.462. The van der Waals surface area contributed by atoms with Crippen molar-refractivity contribution >= 4 is 5.91 Å². The Balaban J connectivity index is 1.67. The Bertz CT molecular complexity index is 412. The largest absolute Gasteiger partial charge is 0.497 e. The second-order valence-corrected chi connectivity index (χ2v) is 4.67. The number of carbonyl (C=O) groups is 1. The van der Waals surface area contributed by atoms with Crippen molar-refractivity contribution < 1.29 is 9.53 Å². The molecule has 0 aromatic heterocycles. The Labute approximate surface area is 95.0 Å². The molecule has 0 spiro atoms. The Morgan fingerprint density at radius 2 is 2.12 bits per heavy atom. The van der Waals surface area contributed by atoms with Gasteiger partial charge in [-0.2, -0.15) is 0 Å². The second-order valence-electron chi connectivity index (χ2n) is 4.67. The highest BCUT2D eigenvalue weighted by Gasteiger charge is 2.51. The smallest absolute Gasteiger partial charge is 0.226 e. The molecule has 1 aliphatic carbocycles. The maximum absolute atomic E-state index is 11.8. The van der Waals surface area contributed by atoms with Crippen LogP contribution < -0.4 is 4.74 Å². The fourth-order valence-corrected chi connectivity index (χ4v) is 2.45. The Morgan fingerprint density at radius 3 is 2.69 bits per heavy atom. The van der Waals surface area contributed by atoms with Gasteiger partial charge in [0.1, 0.15) is 5.75 Å². The molecule has 0 radical (unpaired) electrons. The molecule has 1 aromatic rings. The molecule has 2 aliphatic rings. The molecule has 3 nitrogen and oxygen atoms in total. The van der Waals surface area contributed by atoms with Gasteiger partial charge in [0.15, 0.2) is 0 Å². The highest BCUT2D eigenvalue weighted by atomic mass is 16.5. The number of ether oxygens (including phenoxy) is 1. The Kier molecular flexibility index (Phi) is 2.13. The van der Waals surface area contributed by atoms with E-state index in [1.165, 1.54) is 5.56 Å². The van der Waals surface area contributed by atoms with Crippen LogP contribution in [-0.2, 0) is 11.3 Å². The van der Waals surface area contributed by atoms with Crippen molar-refractivity contribution in [1.82, 2.24) is 4.90 Å². The van der Waals surface area contributed by atoms with Crippen LogP contribution in [0.2, 0.25) is 0 Å². The number of hydrogen-bond donors (Lipinski definition) is 0. The summed E-state index contributed by atoms with van der Waals surface area (Å²) in [6.45, 7) is 1.70. The van der Waals surface area contributed by atoms with E-state index in [4.69, 9.17) is 4.74 Å². The highest BCUT2D eigenvalue weighted by Crippen LogP contribution is 2.46. The number of nitrogens with zero attached hydrogens (tertiary/aromatic N) is 1. The number of likely N-dealkylation sites (tertiary alicyclic amines) is 1. The third-order valence-electron chi connectivity index (χ3n) is 3.54. The van der Waals surface area contributed by atoms with E-state index in [9.17, 15) is 4.79 Å². The number of fused-ring (bicyclic) bond motifs is 1. The van der Waals surface area contributed by atoms with Gasteiger partial charge in [-0.15, -0.1) is 0 Å². The van der Waals surface area contributed by atoms with Crippen LogP contribution in [0.3, 0.4) is 0 Å². The predicted octanol–water partition coefficient (Wildman–Crippen LogP) is 1.67. The second kappa shape index (κ2) is 3.51. The van der Waals surface area contributed by atoms with Gasteiger partial charge in [-0.05, 0) is 30.0 Å². The summed E-state index contributed by atoms with van der Waals surface area (Å²) in [4.78, 5) is 13.7. The van der Waals surface area contributed by atoms with Gasteiger partial charge in [-0.1, -0.05) is 12.1 Å². The van der Waals surface area contributed by atoms with Crippen molar-refractivity contribution in [1.29, 1.82) is 0 Å². The van der Waals surface area contributed by atoms with Crippen LogP contribution in [0.4, 0.5) is 0 Å². The van der Waals surface area contributed by atoms with Crippen LogP contribution in [-0.4, -0.2) is 24.5 Å². The van der Waals surface area contributed by atoms with Gasteiger partial charge in [0.2, 0.25) is 5.91 Å². The molecular formula is C13H15NO2. The molecule has 2 unspecified atom stereocenters. The molecule has 2 atom stereocenters. The summed E-state index contributed by atoms with van der Waals surface area (Å²) in [7, 11) is 1.66. The average molecular weight is 217 g/mol. The van der Waals surface area contributed by atoms with Crippen LogP contribution in [0, 0.1) is 11.8 Å². The number of rotatable bonds is 3. The summed E-state index contributed by atoms with van der Waals surface area (Å²) in [5.74, 6) is 2.23.